The van der Waals surface area contributed by atoms with Crippen LogP contribution in [0.2, 0.25) is 0 Å². The van der Waals surface area contributed by atoms with Crippen LogP contribution in [0.3, 0.4) is 0 Å². The number of ether oxygens (including phenoxy) is 1. The smallest absolute Gasteiger partial charge is 0.247 e. The molecule has 1 saturated heterocycles. The topological polar surface area (TPSA) is 70.7 Å². The van der Waals surface area contributed by atoms with Gasteiger partial charge >= 0.3 is 0 Å². The number of hydrogen-bond acceptors (Lipinski definition) is 5. The van der Waals surface area contributed by atoms with Crippen LogP contribution < -0.4 is 14.8 Å². The fraction of sp³-hybridized carbons (Fsp3) is 0.400. The van der Waals surface area contributed by atoms with Crippen molar-refractivity contribution >= 4 is 15.7 Å². The second-order valence-electron chi connectivity index (χ2n) is 7.52. The molecule has 0 atom stereocenters. The molecular formula is C20H23F2N3O3S. The second-order valence-corrected chi connectivity index (χ2v) is 9.14. The number of sulfonamides is 1. The van der Waals surface area contributed by atoms with Gasteiger partial charge in [0.15, 0.2) is 0 Å². The Morgan fingerprint density at radius 2 is 1.83 bits per heavy atom. The third-order valence-corrected chi connectivity index (χ3v) is 7.18. The average molecular weight is 423 g/mol. The minimum absolute atomic E-state index is 0.0204. The molecular weight excluding hydrogens is 400 g/mol. The summed E-state index contributed by atoms with van der Waals surface area (Å²) in [5.74, 6) is -1.08. The minimum Gasteiger partial charge on any atom is -0.497 e. The number of anilines is 1. The van der Waals surface area contributed by atoms with Crippen LogP contribution in [0.15, 0.2) is 41.3 Å². The van der Waals surface area contributed by atoms with Gasteiger partial charge in [-0.05, 0) is 43.0 Å². The third-order valence-electron chi connectivity index (χ3n) is 5.57. The Hall–Kier alpha value is -2.23. The van der Waals surface area contributed by atoms with Crippen LogP contribution in [0.1, 0.15) is 18.4 Å². The first-order valence-corrected chi connectivity index (χ1v) is 11.0. The molecule has 29 heavy (non-hydrogen) atoms. The number of piperidine rings is 1. The quantitative estimate of drug-likeness (QED) is 0.791. The number of halogens is 2. The van der Waals surface area contributed by atoms with Gasteiger partial charge in [0.05, 0.1) is 12.8 Å². The van der Waals surface area contributed by atoms with Gasteiger partial charge in [0.1, 0.15) is 27.9 Å². The van der Waals surface area contributed by atoms with E-state index in [1.54, 1.807) is 7.11 Å². The Kier molecular flexibility index (Phi) is 5.22. The zero-order valence-electron chi connectivity index (χ0n) is 16.0. The van der Waals surface area contributed by atoms with Crippen molar-refractivity contribution in [3.63, 3.8) is 0 Å². The van der Waals surface area contributed by atoms with Gasteiger partial charge in [-0.25, -0.2) is 17.2 Å². The summed E-state index contributed by atoms with van der Waals surface area (Å²) < 4.78 is 60.6. The summed E-state index contributed by atoms with van der Waals surface area (Å²) >= 11 is 0. The summed E-state index contributed by atoms with van der Waals surface area (Å²) in [6.45, 7) is 2.17. The van der Waals surface area contributed by atoms with Crippen LogP contribution in [0.5, 0.6) is 5.75 Å². The maximum Gasteiger partial charge on any atom is 0.247 e. The number of benzene rings is 2. The Balaban J connectivity index is 1.42. The largest absolute Gasteiger partial charge is 0.497 e. The lowest BCUT2D eigenvalue weighted by molar-refractivity contribution is 0.166. The first-order chi connectivity index (χ1) is 13.8. The van der Waals surface area contributed by atoms with E-state index < -0.39 is 32.2 Å². The third kappa shape index (κ3) is 4.08. The van der Waals surface area contributed by atoms with Crippen molar-refractivity contribution in [2.75, 3.05) is 32.1 Å². The van der Waals surface area contributed by atoms with E-state index in [9.17, 15) is 17.2 Å². The molecule has 0 aliphatic carbocycles. The van der Waals surface area contributed by atoms with Crippen LogP contribution in [-0.2, 0) is 16.4 Å². The Morgan fingerprint density at radius 3 is 2.48 bits per heavy atom. The predicted molar refractivity (Wildman–Crippen MR) is 105 cm³/mol. The highest BCUT2D eigenvalue weighted by Gasteiger charge is 2.44. The van der Waals surface area contributed by atoms with Gasteiger partial charge in [-0.15, -0.1) is 0 Å². The normalized spacial score (nSPS) is 20.1. The SMILES string of the molecule is COc1ccc(CCN2CCC3(CC2)Nc2cc(F)cc(F)c2S(=O)(=O)N3)cc1. The van der Waals surface area contributed by atoms with Gasteiger partial charge < -0.3 is 15.0 Å². The number of methoxy groups -OCH3 is 1. The molecule has 2 aliphatic rings. The molecule has 156 valence electrons. The average Bonchev–Trinajstić information content (AvgIpc) is 2.66. The van der Waals surface area contributed by atoms with Crippen molar-refractivity contribution in [3.8, 4) is 5.75 Å². The van der Waals surface area contributed by atoms with E-state index in [1.807, 2.05) is 24.3 Å². The number of likely N-dealkylation sites (tertiary alicyclic amines) is 1. The molecule has 0 bridgehead atoms. The Morgan fingerprint density at radius 1 is 1.14 bits per heavy atom. The summed E-state index contributed by atoms with van der Waals surface area (Å²) in [5, 5.41) is 3.05. The lowest BCUT2D eigenvalue weighted by Gasteiger charge is -2.45. The molecule has 4 rings (SSSR count). The highest BCUT2D eigenvalue weighted by Crippen LogP contribution is 2.36. The second kappa shape index (κ2) is 7.55. The van der Waals surface area contributed by atoms with E-state index in [-0.39, 0.29) is 5.69 Å². The van der Waals surface area contributed by atoms with Crippen molar-refractivity contribution in [1.82, 2.24) is 9.62 Å². The van der Waals surface area contributed by atoms with Crippen LogP contribution in [0.25, 0.3) is 0 Å². The Bertz CT molecular complexity index is 1000. The van der Waals surface area contributed by atoms with E-state index in [1.165, 1.54) is 5.56 Å². The fourth-order valence-corrected chi connectivity index (χ4v) is 5.57. The van der Waals surface area contributed by atoms with E-state index in [4.69, 9.17) is 4.74 Å². The van der Waals surface area contributed by atoms with Crippen molar-refractivity contribution in [3.05, 3.63) is 53.6 Å². The van der Waals surface area contributed by atoms with Gasteiger partial charge in [0.2, 0.25) is 10.0 Å². The van der Waals surface area contributed by atoms with Gasteiger partial charge in [0.25, 0.3) is 0 Å². The van der Waals surface area contributed by atoms with Gasteiger partial charge in [0, 0.05) is 25.7 Å². The molecule has 0 amide bonds. The molecule has 9 heteroatoms. The van der Waals surface area contributed by atoms with Crippen molar-refractivity contribution in [1.29, 1.82) is 0 Å². The van der Waals surface area contributed by atoms with E-state index in [0.29, 0.717) is 32.0 Å². The van der Waals surface area contributed by atoms with Crippen molar-refractivity contribution in [2.45, 2.75) is 29.8 Å². The number of rotatable bonds is 4. The minimum atomic E-state index is -4.06. The van der Waals surface area contributed by atoms with Crippen LogP contribution in [0, 0.1) is 11.6 Å². The summed E-state index contributed by atoms with van der Waals surface area (Å²) in [6.07, 6.45) is 1.86. The maximum atomic E-state index is 14.0. The zero-order chi connectivity index (χ0) is 20.6. The molecule has 2 aliphatic heterocycles. The molecule has 0 saturated carbocycles. The predicted octanol–water partition coefficient (Wildman–Crippen LogP) is 2.71. The number of fused-ring (bicyclic) bond motifs is 1. The first kappa shape index (κ1) is 20.1. The number of nitrogens with zero attached hydrogens (tertiary/aromatic N) is 1. The van der Waals surface area contributed by atoms with Crippen molar-refractivity contribution in [2.24, 2.45) is 0 Å². The van der Waals surface area contributed by atoms with Crippen LogP contribution in [0.4, 0.5) is 14.5 Å². The van der Waals surface area contributed by atoms with Gasteiger partial charge in [-0.2, -0.15) is 4.72 Å². The summed E-state index contributed by atoms with van der Waals surface area (Å²) in [6, 6.07) is 9.53. The lowest BCUT2D eigenvalue weighted by Crippen LogP contribution is -2.62. The molecule has 1 fully saturated rings. The monoisotopic (exact) mass is 423 g/mol. The molecule has 1 spiro atoms. The maximum absolute atomic E-state index is 14.0. The molecule has 2 aromatic carbocycles. The standard InChI is InChI=1S/C20H23F2N3O3S/c1-28-16-4-2-14(3-5-16)6-9-25-10-7-20(8-11-25)23-18-13-15(21)12-17(22)19(18)29(26,27)24-20/h2-5,12-13,23-24H,6-11H2,1H3. The highest BCUT2D eigenvalue weighted by molar-refractivity contribution is 7.89. The molecule has 2 aromatic rings. The first-order valence-electron chi connectivity index (χ1n) is 9.47. The molecule has 2 heterocycles. The van der Waals surface area contributed by atoms with E-state index >= 15 is 0 Å². The lowest BCUT2D eigenvalue weighted by atomic mass is 9.96. The molecule has 0 unspecified atom stereocenters. The van der Waals surface area contributed by atoms with Crippen molar-refractivity contribution < 1.29 is 21.9 Å². The molecule has 0 aromatic heterocycles. The number of nitrogens with one attached hydrogen (secondary N) is 2. The summed E-state index contributed by atoms with van der Waals surface area (Å²) in [4.78, 5) is 1.74. The van der Waals surface area contributed by atoms with Gasteiger partial charge in [-0.1, -0.05) is 12.1 Å². The Labute approximate surface area is 168 Å². The molecule has 6 nitrogen and oxygen atoms in total. The summed E-state index contributed by atoms with van der Waals surface area (Å²) in [5.41, 5.74) is 0.248. The van der Waals surface area contributed by atoms with E-state index in [0.717, 1.165) is 24.8 Å². The number of hydrogen-bond donors (Lipinski definition) is 2. The molecule has 2 N–H and O–H groups in total. The van der Waals surface area contributed by atoms with E-state index in [2.05, 4.69) is 14.9 Å². The van der Waals surface area contributed by atoms with Crippen LogP contribution in [-0.4, -0.2) is 45.7 Å². The summed E-state index contributed by atoms with van der Waals surface area (Å²) in [7, 11) is -2.43. The molecule has 0 radical (unpaired) electrons. The van der Waals surface area contributed by atoms with Gasteiger partial charge in [-0.3, -0.25) is 0 Å². The highest BCUT2D eigenvalue weighted by atomic mass is 32.2. The zero-order valence-corrected chi connectivity index (χ0v) is 16.9. The fourth-order valence-electron chi connectivity index (χ4n) is 3.98. The van der Waals surface area contributed by atoms with Crippen LogP contribution >= 0.6 is 0 Å².